The predicted octanol–water partition coefficient (Wildman–Crippen LogP) is 3.62. The number of carbonyl (C=O) groups is 2. The third-order valence-corrected chi connectivity index (χ3v) is 5.11. The van der Waals surface area contributed by atoms with E-state index in [2.05, 4.69) is 24.1 Å². The van der Waals surface area contributed by atoms with Gasteiger partial charge in [-0.05, 0) is 56.8 Å². The topological polar surface area (TPSA) is 61.9 Å². The zero-order chi connectivity index (χ0) is 23.3. The second-order valence-electron chi connectivity index (χ2n) is 8.22. The first kappa shape index (κ1) is 25.4. The van der Waals surface area contributed by atoms with Gasteiger partial charge in [-0.25, -0.2) is 0 Å². The van der Waals surface area contributed by atoms with Crippen LogP contribution in [-0.4, -0.2) is 68.0 Å². The summed E-state index contributed by atoms with van der Waals surface area (Å²) >= 11 is 0. The van der Waals surface area contributed by atoms with Gasteiger partial charge in [-0.2, -0.15) is 0 Å². The van der Waals surface area contributed by atoms with E-state index in [0.717, 1.165) is 30.7 Å². The molecule has 2 amide bonds. The molecule has 0 fully saturated rings. The molecule has 2 rings (SSSR count). The van der Waals surface area contributed by atoms with E-state index in [1.807, 2.05) is 61.5 Å². The maximum atomic E-state index is 13.3. The first-order chi connectivity index (χ1) is 15.4. The normalized spacial score (nSPS) is 11.8. The second-order valence-corrected chi connectivity index (χ2v) is 8.22. The van der Waals surface area contributed by atoms with E-state index in [-0.39, 0.29) is 11.8 Å². The largest absolute Gasteiger partial charge is 0.492 e. The van der Waals surface area contributed by atoms with Crippen molar-refractivity contribution in [2.75, 3.05) is 40.3 Å². The van der Waals surface area contributed by atoms with Crippen molar-refractivity contribution < 1.29 is 14.3 Å². The minimum Gasteiger partial charge on any atom is -0.492 e. The van der Waals surface area contributed by atoms with Crippen LogP contribution in [0.3, 0.4) is 0 Å². The lowest BCUT2D eigenvalue weighted by Crippen LogP contribution is -2.50. The highest BCUT2D eigenvalue weighted by atomic mass is 16.5. The minimum absolute atomic E-state index is 0.0377. The fourth-order valence-electron chi connectivity index (χ4n) is 3.43. The summed E-state index contributed by atoms with van der Waals surface area (Å²) in [4.78, 5) is 30.1. The second kappa shape index (κ2) is 13.5. The summed E-state index contributed by atoms with van der Waals surface area (Å²) in [5.41, 5.74) is 1.53. The molecule has 0 heterocycles. The number of nitrogens with one attached hydrogen (secondary N) is 1. The van der Waals surface area contributed by atoms with Crippen LogP contribution >= 0.6 is 0 Å². The molecule has 174 valence electrons. The highest BCUT2D eigenvalue weighted by Crippen LogP contribution is 2.15. The summed E-state index contributed by atoms with van der Waals surface area (Å²) in [6.45, 7) is 6.94. The Hall–Kier alpha value is -2.86. The van der Waals surface area contributed by atoms with E-state index >= 15 is 0 Å². The van der Waals surface area contributed by atoms with Crippen molar-refractivity contribution in [1.29, 1.82) is 0 Å². The molecule has 6 heteroatoms. The van der Waals surface area contributed by atoms with Crippen LogP contribution in [-0.2, 0) is 11.2 Å². The number of ether oxygens (including phenoxy) is 1. The number of likely N-dealkylation sites (N-methyl/N-ethyl adjacent to an activating group) is 1. The van der Waals surface area contributed by atoms with Crippen molar-refractivity contribution in [2.24, 2.45) is 0 Å². The summed E-state index contributed by atoms with van der Waals surface area (Å²) in [5, 5.41) is 2.97. The molecule has 0 saturated carbocycles. The fourth-order valence-corrected chi connectivity index (χ4v) is 3.43. The van der Waals surface area contributed by atoms with Crippen LogP contribution in [0.15, 0.2) is 54.6 Å². The van der Waals surface area contributed by atoms with Gasteiger partial charge < -0.3 is 19.9 Å². The zero-order valence-corrected chi connectivity index (χ0v) is 19.8. The average molecular weight is 440 g/mol. The molecule has 1 N–H and O–H groups in total. The Morgan fingerprint density at radius 2 is 1.53 bits per heavy atom. The van der Waals surface area contributed by atoms with E-state index in [9.17, 15) is 9.59 Å². The summed E-state index contributed by atoms with van der Waals surface area (Å²) in [5.74, 6) is 0.523. The molecule has 0 unspecified atom stereocenters. The summed E-state index contributed by atoms with van der Waals surface area (Å²) in [6, 6.07) is 16.2. The quantitative estimate of drug-likeness (QED) is 0.518. The number of carbonyl (C=O) groups excluding carboxylic acids is 2. The standard InChI is InChI=1S/C26H37N3O3/c1-5-16-29(17-6-2)26(31)24(27-25(30)22-10-8-7-9-11-22)20-21-12-14-23(15-13-21)32-19-18-28(3)4/h7-15,24H,5-6,16-20H2,1-4H3,(H,27,30)/t24-/m1/s1. The summed E-state index contributed by atoms with van der Waals surface area (Å²) in [7, 11) is 4.02. The first-order valence-electron chi connectivity index (χ1n) is 11.5. The molecule has 32 heavy (non-hydrogen) atoms. The van der Waals surface area contributed by atoms with Gasteiger partial charge in [-0.15, -0.1) is 0 Å². The van der Waals surface area contributed by atoms with Crippen molar-refractivity contribution >= 4 is 11.8 Å². The lowest BCUT2D eigenvalue weighted by atomic mass is 10.0. The van der Waals surface area contributed by atoms with E-state index in [0.29, 0.717) is 31.7 Å². The third-order valence-electron chi connectivity index (χ3n) is 5.11. The van der Waals surface area contributed by atoms with Gasteiger partial charge in [0.1, 0.15) is 18.4 Å². The van der Waals surface area contributed by atoms with Crippen LogP contribution in [0.4, 0.5) is 0 Å². The Bertz CT molecular complexity index is 816. The number of benzene rings is 2. The van der Waals surface area contributed by atoms with Gasteiger partial charge in [0.15, 0.2) is 0 Å². The van der Waals surface area contributed by atoms with Gasteiger partial charge in [0.2, 0.25) is 5.91 Å². The van der Waals surface area contributed by atoms with Crippen molar-refractivity contribution in [3.05, 3.63) is 65.7 Å². The molecule has 0 radical (unpaired) electrons. The van der Waals surface area contributed by atoms with E-state index in [1.165, 1.54) is 0 Å². The molecule has 2 aromatic rings. The van der Waals surface area contributed by atoms with Gasteiger partial charge in [0, 0.05) is 31.6 Å². The molecule has 0 aliphatic carbocycles. The molecule has 0 aliphatic heterocycles. The van der Waals surface area contributed by atoms with E-state index in [4.69, 9.17) is 4.74 Å². The number of amides is 2. The molecule has 0 spiro atoms. The van der Waals surface area contributed by atoms with Crippen LogP contribution in [0.2, 0.25) is 0 Å². The number of hydrogen-bond acceptors (Lipinski definition) is 4. The van der Waals surface area contributed by atoms with Crippen molar-refractivity contribution in [3.8, 4) is 5.75 Å². The molecule has 0 aromatic heterocycles. The molecular weight excluding hydrogens is 402 g/mol. The summed E-state index contributed by atoms with van der Waals surface area (Å²) in [6.07, 6.45) is 2.19. The summed E-state index contributed by atoms with van der Waals surface area (Å²) < 4.78 is 5.76. The van der Waals surface area contributed by atoms with Crippen LogP contribution in [0.1, 0.15) is 42.6 Å². The van der Waals surface area contributed by atoms with Gasteiger partial charge in [-0.1, -0.05) is 44.2 Å². The first-order valence-corrected chi connectivity index (χ1v) is 11.5. The molecule has 0 bridgehead atoms. The molecule has 0 saturated heterocycles. The van der Waals surface area contributed by atoms with Crippen LogP contribution < -0.4 is 10.1 Å². The number of hydrogen-bond donors (Lipinski definition) is 1. The molecular formula is C26H37N3O3. The SMILES string of the molecule is CCCN(CCC)C(=O)[C@@H](Cc1ccc(OCCN(C)C)cc1)NC(=O)c1ccccc1. The predicted molar refractivity (Wildman–Crippen MR) is 129 cm³/mol. The monoisotopic (exact) mass is 439 g/mol. The highest BCUT2D eigenvalue weighted by molar-refractivity contribution is 5.97. The third kappa shape index (κ3) is 8.35. The fraction of sp³-hybridized carbons (Fsp3) is 0.462. The Morgan fingerprint density at radius 3 is 2.09 bits per heavy atom. The van der Waals surface area contributed by atoms with Gasteiger partial charge >= 0.3 is 0 Å². The van der Waals surface area contributed by atoms with Crippen molar-refractivity contribution in [2.45, 2.75) is 39.2 Å². The minimum atomic E-state index is -0.624. The van der Waals surface area contributed by atoms with Crippen LogP contribution in [0.25, 0.3) is 0 Å². The van der Waals surface area contributed by atoms with Crippen LogP contribution in [0.5, 0.6) is 5.75 Å². The van der Waals surface area contributed by atoms with Gasteiger partial charge in [-0.3, -0.25) is 9.59 Å². The Balaban J connectivity index is 2.14. The van der Waals surface area contributed by atoms with Crippen LogP contribution in [0, 0.1) is 0 Å². The Labute approximate surface area is 192 Å². The van der Waals surface area contributed by atoms with E-state index < -0.39 is 6.04 Å². The maximum absolute atomic E-state index is 13.3. The smallest absolute Gasteiger partial charge is 0.251 e. The average Bonchev–Trinajstić information content (AvgIpc) is 2.79. The molecule has 6 nitrogen and oxygen atoms in total. The number of nitrogens with zero attached hydrogens (tertiary/aromatic N) is 2. The van der Waals surface area contributed by atoms with Crippen molar-refractivity contribution in [3.63, 3.8) is 0 Å². The van der Waals surface area contributed by atoms with Crippen molar-refractivity contribution in [1.82, 2.24) is 15.1 Å². The lowest BCUT2D eigenvalue weighted by Gasteiger charge is -2.27. The molecule has 0 aliphatic rings. The highest BCUT2D eigenvalue weighted by Gasteiger charge is 2.26. The lowest BCUT2D eigenvalue weighted by molar-refractivity contribution is -0.133. The molecule has 1 atom stereocenters. The van der Waals surface area contributed by atoms with Gasteiger partial charge in [0.05, 0.1) is 0 Å². The van der Waals surface area contributed by atoms with Gasteiger partial charge in [0.25, 0.3) is 5.91 Å². The maximum Gasteiger partial charge on any atom is 0.251 e. The Morgan fingerprint density at radius 1 is 0.906 bits per heavy atom. The van der Waals surface area contributed by atoms with E-state index in [1.54, 1.807) is 12.1 Å². The number of rotatable bonds is 13. The Kier molecular flexibility index (Phi) is 10.7. The zero-order valence-electron chi connectivity index (χ0n) is 19.8. The molecule has 2 aromatic carbocycles.